The van der Waals surface area contributed by atoms with Gasteiger partial charge in [0.1, 0.15) is 5.69 Å². The van der Waals surface area contributed by atoms with Gasteiger partial charge >= 0.3 is 0 Å². The molecule has 3 aromatic heterocycles. The first kappa shape index (κ1) is 16.8. The van der Waals surface area contributed by atoms with Crippen LogP contribution in [0.2, 0.25) is 0 Å². The van der Waals surface area contributed by atoms with Crippen molar-refractivity contribution in [1.29, 1.82) is 0 Å². The number of rotatable bonds is 3. The van der Waals surface area contributed by atoms with E-state index in [0.29, 0.717) is 18.8 Å². The molecule has 1 saturated heterocycles. The molecular weight excluding hydrogens is 352 g/mol. The Morgan fingerprint density at radius 3 is 2.57 bits per heavy atom. The normalized spacial score (nSPS) is 15.4. The van der Waals surface area contributed by atoms with Crippen LogP contribution in [0.3, 0.4) is 0 Å². The van der Waals surface area contributed by atoms with E-state index in [4.69, 9.17) is 0 Å². The Balaban J connectivity index is 1.24. The smallest absolute Gasteiger partial charge is 0.274 e. The summed E-state index contributed by atoms with van der Waals surface area (Å²) in [6.07, 6.45) is 3.54. The predicted octanol–water partition coefficient (Wildman–Crippen LogP) is 2.24. The van der Waals surface area contributed by atoms with Crippen molar-refractivity contribution >= 4 is 22.5 Å². The molecule has 140 valence electrons. The minimum Gasteiger partial charge on any atom is -0.335 e. The number of para-hydroxylation sites is 2. The Bertz CT molecular complexity index is 1110. The lowest BCUT2D eigenvalue weighted by atomic mass is 10.2. The first-order chi connectivity index (χ1) is 13.8. The molecule has 1 amide bonds. The summed E-state index contributed by atoms with van der Waals surface area (Å²) in [5, 5.41) is 4.61. The van der Waals surface area contributed by atoms with E-state index in [2.05, 4.69) is 32.1 Å². The number of benzene rings is 1. The lowest BCUT2D eigenvalue weighted by molar-refractivity contribution is 0.0621. The minimum atomic E-state index is -0.0503. The largest absolute Gasteiger partial charge is 0.335 e. The van der Waals surface area contributed by atoms with Gasteiger partial charge in [-0.3, -0.25) is 14.7 Å². The maximum Gasteiger partial charge on any atom is 0.274 e. The molecule has 1 aromatic carbocycles. The Labute approximate surface area is 162 Å². The molecule has 0 unspecified atom stereocenters. The molecule has 0 saturated carbocycles. The molecule has 1 aliphatic rings. The van der Waals surface area contributed by atoms with Crippen LogP contribution in [0.25, 0.3) is 16.6 Å². The highest BCUT2D eigenvalue weighted by molar-refractivity contribution is 5.93. The van der Waals surface area contributed by atoms with Gasteiger partial charge in [-0.25, -0.2) is 9.50 Å². The molecule has 1 fully saturated rings. The molecule has 28 heavy (non-hydrogen) atoms. The number of carbonyl (C=O) groups excluding carboxylic acids is 1. The third kappa shape index (κ3) is 3.20. The van der Waals surface area contributed by atoms with E-state index in [9.17, 15) is 4.79 Å². The Hall–Kier alpha value is -3.32. The highest BCUT2D eigenvalue weighted by atomic mass is 16.2. The highest BCUT2D eigenvalue weighted by Gasteiger charge is 2.24. The number of piperazine rings is 1. The molecule has 0 atom stereocenters. The van der Waals surface area contributed by atoms with Crippen LogP contribution in [0, 0.1) is 0 Å². The van der Waals surface area contributed by atoms with Crippen LogP contribution in [-0.2, 0) is 6.54 Å². The van der Waals surface area contributed by atoms with Crippen molar-refractivity contribution in [3.63, 3.8) is 0 Å². The topological polar surface area (TPSA) is 66.6 Å². The van der Waals surface area contributed by atoms with Crippen molar-refractivity contribution in [2.24, 2.45) is 0 Å². The second-order valence-corrected chi connectivity index (χ2v) is 7.02. The molecule has 0 bridgehead atoms. The van der Waals surface area contributed by atoms with Crippen LogP contribution >= 0.6 is 0 Å². The van der Waals surface area contributed by atoms with Gasteiger partial charge in [0.25, 0.3) is 5.91 Å². The lowest BCUT2D eigenvalue weighted by Crippen LogP contribution is -2.48. The van der Waals surface area contributed by atoms with Crippen molar-refractivity contribution < 1.29 is 4.79 Å². The van der Waals surface area contributed by atoms with Crippen molar-refractivity contribution in [2.75, 3.05) is 26.2 Å². The van der Waals surface area contributed by atoms with E-state index in [0.717, 1.165) is 41.9 Å². The van der Waals surface area contributed by atoms with Gasteiger partial charge in [-0.2, -0.15) is 5.10 Å². The minimum absolute atomic E-state index is 0.0503. The summed E-state index contributed by atoms with van der Waals surface area (Å²) in [4.78, 5) is 25.8. The Kier molecular flexibility index (Phi) is 4.21. The Morgan fingerprint density at radius 1 is 0.964 bits per heavy atom. The SMILES string of the molecule is O=C(c1cnc2ccccc2n1)N1CCN(Cc2cc3ccccn3n2)CC1. The number of fused-ring (bicyclic) bond motifs is 2. The fraction of sp³-hybridized carbons (Fsp3) is 0.238. The van der Waals surface area contributed by atoms with E-state index >= 15 is 0 Å². The summed E-state index contributed by atoms with van der Waals surface area (Å²) in [5.74, 6) is -0.0503. The van der Waals surface area contributed by atoms with Crippen molar-refractivity contribution in [3.8, 4) is 0 Å². The van der Waals surface area contributed by atoms with Gasteiger partial charge in [-0.1, -0.05) is 18.2 Å². The fourth-order valence-electron chi connectivity index (χ4n) is 3.63. The van der Waals surface area contributed by atoms with Crippen LogP contribution in [0.5, 0.6) is 0 Å². The second kappa shape index (κ2) is 7.01. The summed E-state index contributed by atoms with van der Waals surface area (Å²) >= 11 is 0. The first-order valence-electron chi connectivity index (χ1n) is 9.43. The molecule has 0 N–H and O–H groups in total. The molecule has 5 rings (SSSR count). The van der Waals surface area contributed by atoms with Gasteiger partial charge in [0.05, 0.1) is 28.4 Å². The number of amides is 1. The average molecular weight is 372 g/mol. The molecule has 4 aromatic rings. The highest BCUT2D eigenvalue weighted by Crippen LogP contribution is 2.14. The molecule has 0 radical (unpaired) electrons. The van der Waals surface area contributed by atoms with E-state index in [1.807, 2.05) is 52.0 Å². The zero-order chi connectivity index (χ0) is 18.9. The molecular formula is C21H20N6O. The summed E-state index contributed by atoms with van der Waals surface area (Å²) in [7, 11) is 0. The van der Waals surface area contributed by atoms with Crippen LogP contribution < -0.4 is 0 Å². The summed E-state index contributed by atoms with van der Waals surface area (Å²) < 4.78 is 1.90. The number of hydrogen-bond donors (Lipinski definition) is 0. The number of carbonyl (C=O) groups is 1. The monoisotopic (exact) mass is 372 g/mol. The number of aromatic nitrogens is 4. The summed E-state index contributed by atoms with van der Waals surface area (Å²) in [6, 6.07) is 15.8. The number of nitrogens with zero attached hydrogens (tertiary/aromatic N) is 6. The van der Waals surface area contributed by atoms with Gasteiger partial charge < -0.3 is 4.90 Å². The number of hydrogen-bond acceptors (Lipinski definition) is 5. The zero-order valence-corrected chi connectivity index (χ0v) is 15.4. The third-order valence-electron chi connectivity index (χ3n) is 5.13. The van der Waals surface area contributed by atoms with E-state index < -0.39 is 0 Å². The van der Waals surface area contributed by atoms with Gasteiger partial charge in [0.2, 0.25) is 0 Å². The van der Waals surface area contributed by atoms with Gasteiger partial charge in [0, 0.05) is 38.9 Å². The maximum atomic E-state index is 12.8. The third-order valence-corrected chi connectivity index (χ3v) is 5.13. The van der Waals surface area contributed by atoms with Crippen LogP contribution in [-0.4, -0.2) is 61.5 Å². The maximum absolute atomic E-state index is 12.8. The zero-order valence-electron chi connectivity index (χ0n) is 15.4. The number of pyridine rings is 1. The lowest BCUT2D eigenvalue weighted by Gasteiger charge is -2.34. The molecule has 4 heterocycles. The van der Waals surface area contributed by atoms with E-state index in [1.165, 1.54) is 0 Å². The fourth-order valence-corrected chi connectivity index (χ4v) is 3.63. The molecule has 1 aliphatic heterocycles. The van der Waals surface area contributed by atoms with Crippen molar-refractivity contribution in [3.05, 3.63) is 72.3 Å². The molecule has 0 spiro atoms. The average Bonchev–Trinajstić information content (AvgIpc) is 3.16. The molecule has 0 aliphatic carbocycles. The van der Waals surface area contributed by atoms with Crippen LogP contribution in [0.4, 0.5) is 0 Å². The van der Waals surface area contributed by atoms with Crippen molar-refractivity contribution in [1.82, 2.24) is 29.4 Å². The van der Waals surface area contributed by atoms with Gasteiger partial charge in [0.15, 0.2) is 0 Å². The standard InChI is InChI=1S/C21H20N6O/c28-21(20-14-22-18-6-1-2-7-19(18)23-20)26-11-9-25(10-12-26)15-16-13-17-5-3-4-8-27(17)24-16/h1-8,13-14H,9-12,15H2. The van der Waals surface area contributed by atoms with E-state index in [1.54, 1.807) is 6.20 Å². The predicted molar refractivity (Wildman–Crippen MR) is 106 cm³/mol. The summed E-state index contributed by atoms with van der Waals surface area (Å²) in [5.41, 5.74) is 4.11. The molecule has 7 heteroatoms. The van der Waals surface area contributed by atoms with Gasteiger partial charge in [-0.05, 0) is 30.3 Å². The summed E-state index contributed by atoms with van der Waals surface area (Å²) in [6.45, 7) is 3.79. The Morgan fingerprint density at radius 2 is 1.75 bits per heavy atom. The quantitative estimate of drug-likeness (QED) is 0.552. The van der Waals surface area contributed by atoms with Crippen LogP contribution in [0.1, 0.15) is 16.2 Å². The van der Waals surface area contributed by atoms with Crippen molar-refractivity contribution in [2.45, 2.75) is 6.54 Å². The molecule has 7 nitrogen and oxygen atoms in total. The second-order valence-electron chi connectivity index (χ2n) is 7.02. The van der Waals surface area contributed by atoms with E-state index in [-0.39, 0.29) is 5.91 Å². The van der Waals surface area contributed by atoms with Gasteiger partial charge in [-0.15, -0.1) is 0 Å². The first-order valence-corrected chi connectivity index (χ1v) is 9.43. The van der Waals surface area contributed by atoms with Crippen LogP contribution in [0.15, 0.2) is 60.9 Å².